The number of nitrogens with zero attached hydrogens (tertiary/aromatic N) is 1. The average molecular weight is 294 g/mol. The van der Waals surface area contributed by atoms with Gasteiger partial charge in [0.1, 0.15) is 12.4 Å². The highest BCUT2D eigenvalue weighted by molar-refractivity contribution is 5.90. The minimum absolute atomic E-state index is 0.344. The lowest BCUT2D eigenvalue weighted by molar-refractivity contribution is 0.0466. The topological polar surface area (TPSA) is 64.8 Å². The van der Waals surface area contributed by atoms with Crippen LogP contribution in [-0.4, -0.2) is 43.7 Å². The van der Waals surface area contributed by atoms with E-state index in [0.29, 0.717) is 30.2 Å². The highest BCUT2D eigenvalue weighted by atomic mass is 16.5. The van der Waals surface area contributed by atoms with Crippen LogP contribution in [0.25, 0.3) is 0 Å². The fourth-order valence-electron chi connectivity index (χ4n) is 1.89. The summed E-state index contributed by atoms with van der Waals surface area (Å²) >= 11 is 0. The molecule has 1 aromatic rings. The number of likely N-dealkylation sites (N-methyl/N-ethyl adjacent to an activating group) is 1. The third-order valence-corrected chi connectivity index (χ3v) is 3.25. The number of nitrogens with two attached hydrogens (primary N) is 1. The largest absolute Gasteiger partial charge is 0.491 e. The number of hydrogen-bond donors (Lipinski definition) is 1. The average Bonchev–Trinajstić information content (AvgIpc) is 2.50. The van der Waals surface area contributed by atoms with Crippen LogP contribution in [0.5, 0.6) is 5.75 Å². The van der Waals surface area contributed by atoms with E-state index in [1.165, 1.54) is 0 Å². The van der Waals surface area contributed by atoms with Crippen LogP contribution >= 0.6 is 0 Å². The van der Waals surface area contributed by atoms with Gasteiger partial charge in [0, 0.05) is 6.54 Å². The van der Waals surface area contributed by atoms with Gasteiger partial charge in [-0.1, -0.05) is 20.8 Å². The third-order valence-electron chi connectivity index (χ3n) is 3.25. The molecule has 0 unspecified atom stereocenters. The zero-order valence-electron chi connectivity index (χ0n) is 13.2. The van der Waals surface area contributed by atoms with E-state index in [1.807, 2.05) is 6.92 Å². The second-order valence-corrected chi connectivity index (χ2v) is 4.76. The lowest BCUT2D eigenvalue weighted by Crippen LogP contribution is -2.27. The molecule has 0 bridgehead atoms. The van der Waals surface area contributed by atoms with Crippen molar-refractivity contribution in [3.63, 3.8) is 0 Å². The molecule has 21 heavy (non-hydrogen) atoms. The summed E-state index contributed by atoms with van der Waals surface area (Å²) in [6, 6.07) is 4.98. The van der Waals surface area contributed by atoms with E-state index in [2.05, 4.69) is 18.7 Å². The minimum atomic E-state index is -0.344. The highest BCUT2D eigenvalue weighted by Gasteiger charge is 2.11. The van der Waals surface area contributed by atoms with Crippen molar-refractivity contribution in [1.82, 2.24) is 4.90 Å². The Labute approximate surface area is 127 Å². The van der Waals surface area contributed by atoms with Crippen LogP contribution in [0.2, 0.25) is 0 Å². The summed E-state index contributed by atoms with van der Waals surface area (Å²) in [5, 5.41) is 0. The molecule has 5 nitrogen and oxygen atoms in total. The predicted octanol–water partition coefficient (Wildman–Crippen LogP) is 2.56. The molecule has 0 aliphatic rings. The van der Waals surface area contributed by atoms with Crippen molar-refractivity contribution in [3.05, 3.63) is 23.8 Å². The molecule has 0 spiro atoms. The Kier molecular flexibility index (Phi) is 7.61. The first-order valence-electron chi connectivity index (χ1n) is 7.54. The van der Waals surface area contributed by atoms with Gasteiger partial charge < -0.3 is 20.1 Å². The smallest absolute Gasteiger partial charge is 0.338 e. The van der Waals surface area contributed by atoms with Crippen molar-refractivity contribution in [1.29, 1.82) is 0 Å². The second-order valence-electron chi connectivity index (χ2n) is 4.76. The first-order valence-corrected chi connectivity index (χ1v) is 7.54. The molecular formula is C16H26N2O3. The van der Waals surface area contributed by atoms with Crippen LogP contribution in [-0.2, 0) is 4.74 Å². The molecule has 0 amide bonds. The van der Waals surface area contributed by atoms with Gasteiger partial charge in [-0.2, -0.15) is 0 Å². The van der Waals surface area contributed by atoms with Gasteiger partial charge in [0.2, 0.25) is 0 Å². The molecule has 0 atom stereocenters. The molecule has 1 rings (SSSR count). The van der Waals surface area contributed by atoms with Gasteiger partial charge in [-0.15, -0.1) is 0 Å². The molecular weight excluding hydrogens is 268 g/mol. The van der Waals surface area contributed by atoms with E-state index < -0.39 is 0 Å². The molecule has 1 aromatic carbocycles. The third kappa shape index (κ3) is 5.63. The fourth-order valence-corrected chi connectivity index (χ4v) is 1.89. The van der Waals surface area contributed by atoms with Gasteiger partial charge in [-0.25, -0.2) is 4.79 Å². The summed E-state index contributed by atoms with van der Waals surface area (Å²) in [5.74, 6) is 0.193. The second kappa shape index (κ2) is 9.23. The first-order chi connectivity index (χ1) is 10.1. The van der Waals surface area contributed by atoms with Gasteiger partial charge >= 0.3 is 5.97 Å². The number of benzene rings is 1. The van der Waals surface area contributed by atoms with Crippen LogP contribution in [0, 0.1) is 0 Å². The molecule has 2 N–H and O–H groups in total. The van der Waals surface area contributed by atoms with E-state index in [1.54, 1.807) is 18.2 Å². The Morgan fingerprint density at radius 1 is 1.19 bits per heavy atom. The van der Waals surface area contributed by atoms with E-state index in [0.717, 1.165) is 26.1 Å². The molecule has 0 fully saturated rings. The first kappa shape index (κ1) is 17.3. The molecule has 0 heterocycles. The van der Waals surface area contributed by atoms with Crippen molar-refractivity contribution >= 4 is 11.7 Å². The molecule has 0 saturated heterocycles. The summed E-state index contributed by atoms with van der Waals surface area (Å²) in [6.45, 7) is 9.79. The van der Waals surface area contributed by atoms with Crippen LogP contribution in [0.3, 0.4) is 0 Å². The zero-order valence-corrected chi connectivity index (χ0v) is 13.2. The Balaban J connectivity index is 2.57. The maximum atomic E-state index is 12.0. The van der Waals surface area contributed by atoms with Crippen molar-refractivity contribution in [3.8, 4) is 5.75 Å². The summed E-state index contributed by atoms with van der Waals surface area (Å²) in [5.41, 5.74) is 6.82. The van der Waals surface area contributed by atoms with Gasteiger partial charge in [0.15, 0.2) is 0 Å². The number of nitrogen functional groups attached to an aromatic ring is 1. The van der Waals surface area contributed by atoms with Gasteiger partial charge in [0.05, 0.1) is 17.9 Å². The Morgan fingerprint density at radius 2 is 1.90 bits per heavy atom. The normalized spacial score (nSPS) is 10.7. The molecule has 5 heteroatoms. The Morgan fingerprint density at radius 3 is 2.52 bits per heavy atom. The predicted molar refractivity (Wildman–Crippen MR) is 84.7 cm³/mol. The molecule has 0 aliphatic heterocycles. The standard InChI is InChI=1S/C16H26N2O3/c1-4-10-20-15-12-13(7-8-14(15)17)16(19)21-11-9-18(5-2)6-3/h7-8,12H,4-6,9-11,17H2,1-3H3. The van der Waals surface area contributed by atoms with E-state index in [4.69, 9.17) is 15.2 Å². The monoisotopic (exact) mass is 294 g/mol. The Hall–Kier alpha value is -1.75. The van der Waals surface area contributed by atoms with Crippen LogP contribution < -0.4 is 10.5 Å². The number of esters is 1. The van der Waals surface area contributed by atoms with Gasteiger partial charge in [-0.05, 0) is 37.7 Å². The number of ether oxygens (including phenoxy) is 2. The van der Waals surface area contributed by atoms with Crippen molar-refractivity contribution < 1.29 is 14.3 Å². The fraction of sp³-hybridized carbons (Fsp3) is 0.562. The lowest BCUT2D eigenvalue weighted by atomic mass is 10.2. The molecule has 0 aromatic heterocycles. The molecule has 118 valence electrons. The van der Waals surface area contributed by atoms with Crippen LogP contribution in [0.1, 0.15) is 37.6 Å². The Bertz CT molecular complexity index is 445. The van der Waals surface area contributed by atoms with Gasteiger partial charge in [-0.3, -0.25) is 0 Å². The maximum absolute atomic E-state index is 12.0. The van der Waals surface area contributed by atoms with Crippen molar-refractivity contribution in [2.45, 2.75) is 27.2 Å². The minimum Gasteiger partial charge on any atom is -0.491 e. The summed E-state index contributed by atoms with van der Waals surface area (Å²) < 4.78 is 10.8. The quantitative estimate of drug-likeness (QED) is 0.560. The zero-order chi connectivity index (χ0) is 15.7. The van der Waals surface area contributed by atoms with E-state index in [9.17, 15) is 4.79 Å². The SMILES string of the molecule is CCCOc1cc(C(=O)OCCN(CC)CC)ccc1N. The van der Waals surface area contributed by atoms with Crippen molar-refractivity contribution in [2.75, 3.05) is 38.6 Å². The number of carbonyl (C=O) groups is 1. The molecule has 0 aliphatic carbocycles. The number of anilines is 1. The summed E-state index contributed by atoms with van der Waals surface area (Å²) in [7, 11) is 0. The lowest BCUT2D eigenvalue weighted by Gasteiger charge is -2.17. The number of rotatable bonds is 9. The van der Waals surface area contributed by atoms with Gasteiger partial charge in [0.25, 0.3) is 0 Å². The number of carbonyl (C=O) groups excluding carboxylic acids is 1. The molecule has 0 saturated carbocycles. The number of hydrogen-bond acceptors (Lipinski definition) is 5. The van der Waals surface area contributed by atoms with Crippen LogP contribution in [0.15, 0.2) is 18.2 Å². The summed E-state index contributed by atoms with van der Waals surface area (Å²) in [6.07, 6.45) is 0.887. The van der Waals surface area contributed by atoms with Crippen molar-refractivity contribution in [2.24, 2.45) is 0 Å². The summed E-state index contributed by atoms with van der Waals surface area (Å²) in [4.78, 5) is 14.2. The van der Waals surface area contributed by atoms with E-state index >= 15 is 0 Å². The highest BCUT2D eigenvalue weighted by Crippen LogP contribution is 2.23. The van der Waals surface area contributed by atoms with E-state index in [-0.39, 0.29) is 5.97 Å². The van der Waals surface area contributed by atoms with Crippen LogP contribution in [0.4, 0.5) is 5.69 Å². The maximum Gasteiger partial charge on any atom is 0.338 e. The molecule has 0 radical (unpaired) electrons.